The maximum Gasteiger partial charge on any atom is 0.416 e. The molecule has 3 aromatic carbocycles. The number of alkyl halides is 3. The highest BCUT2D eigenvalue weighted by molar-refractivity contribution is 6.07. The molecule has 5 heterocycles. The summed E-state index contributed by atoms with van der Waals surface area (Å²) in [6.07, 6.45) is -3.02. The average molecular weight is 744 g/mol. The topological polar surface area (TPSA) is 124 Å². The van der Waals surface area contributed by atoms with E-state index in [0.29, 0.717) is 30.3 Å². The normalized spacial score (nSPS) is 21.4. The van der Waals surface area contributed by atoms with E-state index in [-0.39, 0.29) is 41.4 Å². The molecule has 5 atom stereocenters. The number of anilines is 1. The van der Waals surface area contributed by atoms with Gasteiger partial charge < -0.3 is 15.0 Å². The number of carbonyl (C=O) groups is 3. The molecule has 0 aliphatic carbocycles. The first-order valence-electron chi connectivity index (χ1n) is 17.7. The predicted octanol–water partition coefficient (Wildman–Crippen LogP) is 5.15. The molecule has 4 aliphatic rings. The maximum absolute atomic E-state index is 14.7. The molecule has 11 nitrogen and oxygen atoms in total. The van der Waals surface area contributed by atoms with E-state index in [2.05, 4.69) is 16.3 Å². The first-order valence-corrected chi connectivity index (χ1v) is 17.7. The summed E-state index contributed by atoms with van der Waals surface area (Å²) in [6.45, 7) is 3.80. The van der Waals surface area contributed by atoms with Crippen molar-refractivity contribution in [2.24, 2.45) is 0 Å². The van der Waals surface area contributed by atoms with Gasteiger partial charge >= 0.3 is 6.18 Å². The van der Waals surface area contributed by atoms with Crippen LogP contribution in [0.4, 0.5) is 23.4 Å². The van der Waals surface area contributed by atoms with Gasteiger partial charge in [-0.1, -0.05) is 36.4 Å². The summed E-state index contributed by atoms with van der Waals surface area (Å²) < 4.78 is 62.3. The SMILES string of the molecule is CCN1C(=O)[C@@H](NC(=O)c2cccc(C(F)(F)F)c2)[C@@H](c2ccc(F)cc2)c2c(C(=O)N(C)[C@@H](C#N)CCN3CC4CC(C3)O4)nn(-c3ccccc3)c21. The van der Waals surface area contributed by atoms with E-state index in [1.807, 2.05) is 0 Å². The van der Waals surface area contributed by atoms with Crippen LogP contribution >= 0.6 is 0 Å². The van der Waals surface area contributed by atoms with Gasteiger partial charge in [-0.3, -0.25) is 24.2 Å². The van der Waals surface area contributed by atoms with Crippen LogP contribution in [-0.4, -0.2) is 94.8 Å². The van der Waals surface area contributed by atoms with E-state index in [1.54, 1.807) is 37.3 Å². The minimum absolute atomic E-state index is 0.0578. The molecule has 3 fully saturated rings. The van der Waals surface area contributed by atoms with Gasteiger partial charge in [0.25, 0.3) is 17.7 Å². The number of carbonyl (C=O) groups excluding carboxylic acids is 3. The van der Waals surface area contributed by atoms with E-state index in [4.69, 9.17) is 9.84 Å². The van der Waals surface area contributed by atoms with Crippen molar-refractivity contribution in [3.63, 3.8) is 0 Å². The minimum Gasteiger partial charge on any atom is -0.372 e. The van der Waals surface area contributed by atoms with Crippen LogP contribution in [0, 0.1) is 17.1 Å². The van der Waals surface area contributed by atoms with Crippen molar-refractivity contribution >= 4 is 23.5 Å². The lowest BCUT2D eigenvalue weighted by Crippen LogP contribution is -2.57. The highest BCUT2D eigenvalue weighted by Gasteiger charge is 2.48. The number of benzene rings is 3. The fourth-order valence-corrected chi connectivity index (χ4v) is 7.58. The van der Waals surface area contributed by atoms with Crippen LogP contribution in [0.2, 0.25) is 0 Å². The predicted molar refractivity (Wildman–Crippen MR) is 188 cm³/mol. The Bertz CT molecular complexity index is 2080. The fraction of sp³-hybridized carbons (Fsp3) is 0.359. The number of nitrogens with one attached hydrogen (secondary N) is 1. The largest absolute Gasteiger partial charge is 0.416 e. The van der Waals surface area contributed by atoms with Gasteiger partial charge in [-0.2, -0.15) is 23.5 Å². The number of para-hydroxylation sites is 1. The number of ether oxygens (including phenoxy) is 1. The van der Waals surface area contributed by atoms with E-state index in [1.165, 1.54) is 51.9 Å². The molecule has 54 heavy (non-hydrogen) atoms. The molecule has 2 bridgehead atoms. The first kappa shape index (κ1) is 36.8. The molecule has 3 saturated heterocycles. The lowest BCUT2D eigenvalue weighted by Gasteiger charge is -2.47. The molecular formula is C39H37F4N7O4. The quantitative estimate of drug-likeness (QED) is 0.223. The second-order valence-corrected chi connectivity index (χ2v) is 13.7. The summed E-state index contributed by atoms with van der Waals surface area (Å²) in [4.78, 5) is 47.8. The van der Waals surface area contributed by atoms with Crippen LogP contribution in [0.25, 0.3) is 5.69 Å². The second-order valence-electron chi connectivity index (χ2n) is 13.7. The molecule has 4 aromatic rings. The summed E-state index contributed by atoms with van der Waals surface area (Å²) in [5.74, 6) is -3.72. The summed E-state index contributed by atoms with van der Waals surface area (Å²) in [7, 11) is 1.51. The molecule has 8 rings (SSSR count). The smallest absolute Gasteiger partial charge is 0.372 e. The zero-order valence-electron chi connectivity index (χ0n) is 29.5. The minimum atomic E-state index is -4.72. The van der Waals surface area contributed by atoms with Crippen molar-refractivity contribution in [2.75, 3.05) is 38.1 Å². The molecule has 3 amide bonds. The highest BCUT2D eigenvalue weighted by Crippen LogP contribution is 2.44. The van der Waals surface area contributed by atoms with E-state index >= 15 is 0 Å². The molecular weight excluding hydrogens is 706 g/mol. The molecule has 280 valence electrons. The van der Waals surface area contributed by atoms with Gasteiger partial charge in [-0.05, 0) is 61.4 Å². The van der Waals surface area contributed by atoms with Crippen LogP contribution in [-0.2, 0) is 15.7 Å². The van der Waals surface area contributed by atoms with Crippen molar-refractivity contribution in [1.82, 2.24) is 24.9 Å². The Morgan fingerprint density at radius 2 is 1.74 bits per heavy atom. The molecule has 0 radical (unpaired) electrons. The number of morpholine rings is 1. The molecule has 4 aliphatic heterocycles. The summed E-state index contributed by atoms with van der Waals surface area (Å²) in [5, 5.41) is 17.7. The van der Waals surface area contributed by atoms with Crippen molar-refractivity contribution in [2.45, 2.75) is 56.2 Å². The third-order valence-corrected chi connectivity index (χ3v) is 10.3. The lowest BCUT2D eigenvalue weighted by atomic mass is 9.80. The third-order valence-electron chi connectivity index (χ3n) is 10.3. The summed E-state index contributed by atoms with van der Waals surface area (Å²) in [5.41, 5.74) is -0.423. The molecule has 1 N–H and O–H groups in total. The monoisotopic (exact) mass is 743 g/mol. The molecule has 15 heteroatoms. The number of aromatic nitrogens is 2. The van der Waals surface area contributed by atoms with Crippen molar-refractivity contribution < 1.29 is 36.7 Å². The van der Waals surface area contributed by atoms with Crippen molar-refractivity contribution in [3.8, 4) is 11.8 Å². The average Bonchev–Trinajstić information content (AvgIpc) is 3.55. The van der Waals surface area contributed by atoms with E-state index in [9.17, 15) is 37.2 Å². The Hall–Kier alpha value is -5.59. The molecule has 2 unspecified atom stereocenters. The summed E-state index contributed by atoms with van der Waals surface area (Å²) >= 11 is 0. The lowest BCUT2D eigenvalue weighted by molar-refractivity contribution is -0.180. The van der Waals surface area contributed by atoms with E-state index < -0.39 is 53.3 Å². The Labute approximate surface area is 308 Å². The number of likely N-dealkylation sites (N-methyl/N-ethyl adjacent to an activating group) is 1. The van der Waals surface area contributed by atoms with Crippen LogP contribution in [0.3, 0.4) is 0 Å². The molecule has 0 spiro atoms. The number of hydrogen-bond donors (Lipinski definition) is 1. The fourth-order valence-electron chi connectivity index (χ4n) is 7.58. The maximum atomic E-state index is 14.7. The van der Waals surface area contributed by atoms with E-state index in [0.717, 1.165) is 31.6 Å². The second kappa shape index (κ2) is 14.7. The zero-order valence-corrected chi connectivity index (χ0v) is 29.5. The standard InChI is InChI=1S/C39H37F4N7O4/c1-3-49-36-32(31(23-12-14-26(40)15-13-23)33(38(49)53)45-35(51)24-8-7-9-25(18-24)39(41,42)43)34(46-50(36)27-10-5-4-6-11-27)37(52)47(2)28(20-44)16-17-48-21-29-19-30(22-48)54-29/h4-15,18,28-31,33H,3,16-17,19,21-22H2,1-2H3,(H,45,51)/t28-,29?,30?,31+,33+/m1/s1. The van der Waals surface area contributed by atoms with Gasteiger partial charge in [0.2, 0.25) is 0 Å². The van der Waals surface area contributed by atoms with Gasteiger partial charge in [0.05, 0.1) is 29.5 Å². The van der Waals surface area contributed by atoms with Gasteiger partial charge in [0, 0.05) is 56.7 Å². The van der Waals surface area contributed by atoms with Crippen LogP contribution < -0.4 is 10.2 Å². The number of amides is 3. The number of nitrogens with zero attached hydrogens (tertiary/aromatic N) is 6. The van der Waals surface area contributed by atoms with Gasteiger partial charge in [0.1, 0.15) is 23.7 Å². The number of halogens is 4. The number of rotatable bonds is 10. The Morgan fingerprint density at radius 1 is 1.06 bits per heavy atom. The van der Waals surface area contributed by atoms with Gasteiger partial charge in [0.15, 0.2) is 5.69 Å². The third kappa shape index (κ3) is 6.94. The molecule has 1 aromatic heterocycles. The number of nitriles is 1. The van der Waals surface area contributed by atoms with Crippen molar-refractivity contribution in [1.29, 1.82) is 5.26 Å². The highest BCUT2D eigenvalue weighted by atomic mass is 19.4. The van der Waals surface area contributed by atoms with Crippen LogP contribution in [0.15, 0.2) is 78.9 Å². The zero-order chi connectivity index (χ0) is 38.3. The van der Waals surface area contributed by atoms with Crippen LogP contribution in [0.5, 0.6) is 0 Å². The number of fused-ring (bicyclic) bond motifs is 3. The first-order chi connectivity index (χ1) is 25.9. The summed E-state index contributed by atoms with van der Waals surface area (Å²) in [6, 6.07) is 17.7. The Kier molecular flexibility index (Phi) is 9.99. The van der Waals surface area contributed by atoms with Gasteiger partial charge in [-0.25, -0.2) is 9.07 Å². The van der Waals surface area contributed by atoms with Crippen LogP contribution in [0.1, 0.15) is 63.2 Å². The number of hydrogen-bond acceptors (Lipinski definition) is 7. The number of piperidine rings is 1. The molecule has 0 saturated carbocycles. The van der Waals surface area contributed by atoms with Crippen molar-refractivity contribution in [3.05, 3.63) is 113 Å². The van der Waals surface area contributed by atoms with Gasteiger partial charge in [-0.15, -0.1) is 0 Å². The Balaban J connectivity index is 1.33. The Morgan fingerprint density at radius 3 is 2.37 bits per heavy atom.